The Labute approximate surface area is 150 Å². The number of nitrogens with one attached hydrogen (secondary N) is 3. The van der Waals surface area contributed by atoms with E-state index in [0.29, 0.717) is 11.7 Å². The van der Waals surface area contributed by atoms with E-state index in [1.165, 1.54) is 0 Å². The highest BCUT2D eigenvalue weighted by molar-refractivity contribution is 7.80. The summed E-state index contributed by atoms with van der Waals surface area (Å²) < 4.78 is 5.18. The summed E-state index contributed by atoms with van der Waals surface area (Å²) in [4.78, 5) is 11.5. The van der Waals surface area contributed by atoms with Crippen LogP contribution in [0.5, 0.6) is 0 Å². The monoisotopic (exact) mass is 351 g/mol. The zero-order valence-electron chi connectivity index (χ0n) is 14.9. The molecule has 0 aliphatic heterocycles. The molecule has 134 valence electrons. The van der Waals surface area contributed by atoms with Crippen LogP contribution in [0.3, 0.4) is 0 Å². The second kappa shape index (κ2) is 10.9. The van der Waals surface area contributed by atoms with Crippen molar-refractivity contribution >= 4 is 29.1 Å². The van der Waals surface area contributed by atoms with Crippen LogP contribution in [0.1, 0.15) is 46.5 Å². The van der Waals surface area contributed by atoms with Crippen molar-refractivity contribution < 1.29 is 9.53 Å². The van der Waals surface area contributed by atoms with Gasteiger partial charge >= 0.3 is 6.09 Å². The molecule has 24 heavy (non-hydrogen) atoms. The average molecular weight is 352 g/mol. The number of ether oxygens (including phenoxy) is 1. The van der Waals surface area contributed by atoms with E-state index in [-0.39, 0.29) is 6.09 Å². The van der Waals surface area contributed by atoms with Crippen molar-refractivity contribution in [2.24, 2.45) is 0 Å². The van der Waals surface area contributed by atoms with Crippen molar-refractivity contribution in [3.05, 3.63) is 30.3 Å². The number of thiocarbonyl (C=S) groups is 1. The van der Waals surface area contributed by atoms with Crippen molar-refractivity contribution in [2.75, 3.05) is 18.4 Å². The molecule has 0 atom stereocenters. The molecule has 3 N–H and O–H groups in total. The SMILES string of the molecule is CC(C)(C)OC(=O)NCCCCCCNC(=S)Nc1ccccc1. The molecular formula is C18H29N3O2S. The number of carbonyl (C=O) groups excluding carboxylic acids is 1. The van der Waals surface area contributed by atoms with Gasteiger partial charge in [-0.3, -0.25) is 0 Å². The fourth-order valence-corrected chi connectivity index (χ4v) is 2.23. The van der Waals surface area contributed by atoms with Crippen LogP contribution in [0.2, 0.25) is 0 Å². The summed E-state index contributed by atoms with van der Waals surface area (Å²) in [6.07, 6.45) is 3.81. The molecule has 0 spiro atoms. The molecule has 6 heteroatoms. The number of unbranched alkanes of at least 4 members (excludes halogenated alkanes) is 3. The lowest BCUT2D eigenvalue weighted by molar-refractivity contribution is 0.0527. The lowest BCUT2D eigenvalue weighted by atomic mass is 10.2. The fraction of sp³-hybridized carbons (Fsp3) is 0.556. The maximum atomic E-state index is 11.5. The maximum absolute atomic E-state index is 11.5. The number of benzene rings is 1. The average Bonchev–Trinajstić information content (AvgIpc) is 2.49. The van der Waals surface area contributed by atoms with E-state index in [1.807, 2.05) is 51.1 Å². The first-order valence-corrected chi connectivity index (χ1v) is 8.84. The van der Waals surface area contributed by atoms with E-state index in [9.17, 15) is 4.79 Å². The normalized spacial score (nSPS) is 10.8. The Morgan fingerprint density at radius 2 is 1.58 bits per heavy atom. The molecule has 1 rings (SSSR count). The minimum Gasteiger partial charge on any atom is -0.444 e. The van der Waals surface area contributed by atoms with Crippen molar-refractivity contribution in [3.63, 3.8) is 0 Å². The Morgan fingerprint density at radius 1 is 1.00 bits per heavy atom. The zero-order chi connectivity index (χ0) is 17.8. The predicted octanol–water partition coefficient (Wildman–Crippen LogP) is 4.06. The number of hydrogen-bond donors (Lipinski definition) is 3. The summed E-state index contributed by atoms with van der Waals surface area (Å²) in [6, 6.07) is 9.86. The molecule has 0 bridgehead atoms. The highest BCUT2D eigenvalue weighted by Gasteiger charge is 2.15. The van der Waals surface area contributed by atoms with Crippen LogP contribution in [0, 0.1) is 0 Å². The van der Waals surface area contributed by atoms with Crippen molar-refractivity contribution in [1.82, 2.24) is 10.6 Å². The Kier molecular flexibility index (Phi) is 9.15. The molecule has 0 heterocycles. The fourth-order valence-electron chi connectivity index (χ4n) is 2.01. The highest BCUT2D eigenvalue weighted by Crippen LogP contribution is 2.07. The van der Waals surface area contributed by atoms with E-state index >= 15 is 0 Å². The lowest BCUT2D eigenvalue weighted by Gasteiger charge is -2.19. The van der Waals surface area contributed by atoms with Gasteiger partial charge in [-0.2, -0.15) is 0 Å². The quantitative estimate of drug-likeness (QED) is 0.487. The van der Waals surface area contributed by atoms with Gasteiger partial charge < -0.3 is 20.7 Å². The summed E-state index contributed by atoms with van der Waals surface area (Å²) in [6.45, 7) is 7.07. The Hall–Kier alpha value is -1.82. The van der Waals surface area contributed by atoms with Crippen LogP contribution in [-0.4, -0.2) is 29.9 Å². The van der Waals surface area contributed by atoms with Crippen LogP contribution < -0.4 is 16.0 Å². The van der Waals surface area contributed by atoms with Gasteiger partial charge in [-0.15, -0.1) is 0 Å². The number of rotatable bonds is 8. The molecule has 0 fully saturated rings. The summed E-state index contributed by atoms with van der Waals surface area (Å²) in [7, 11) is 0. The number of amides is 1. The van der Waals surface area contributed by atoms with Crippen LogP contribution in [0.4, 0.5) is 10.5 Å². The minimum atomic E-state index is -0.443. The molecule has 1 amide bonds. The molecule has 0 radical (unpaired) electrons. The summed E-state index contributed by atoms with van der Waals surface area (Å²) in [5, 5.41) is 9.75. The van der Waals surface area contributed by atoms with E-state index < -0.39 is 5.60 Å². The Balaban J connectivity index is 1.95. The van der Waals surface area contributed by atoms with Gasteiger partial charge in [0.05, 0.1) is 0 Å². The van der Waals surface area contributed by atoms with Crippen LogP contribution >= 0.6 is 12.2 Å². The third-order valence-electron chi connectivity index (χ3n) is 3.09. The van der Waals surface area contributed by atoms with Crippen molar-refractivity contribution in [1.29, 1.82) is 0 Å². The summed E-state index contributed by atoms with van der Waals surface area (Å²) in [5.74, 6) is 0. The van der Waals surface area contributed by atoms with Gasteiger partial charge in [0.2, 0.25) is 0 Å². The van der Waals surface area contributed by atoms with Crippen molar-refractivity contribution in [3.8, 4) is 0 Å². The third kappa shape index (κ3) is 10.8. The Morgan fingerprint density at radius 3 is 2.17 bits per heavy atom. The molecule has 1 aromatic rings. The van der Waals surface area contributed by atoms with Gasteiger partial charge in [-0.1, -0.05) is 31.0 Å². The predicted molar refractivity (Wildman–Crippen MR) is 103 cm³/mol. The highest BCUT2D eigenvalue weighted by atomic mass is 32.1. The van der Waals surface area contributed by atoms with Gasteiger partial charge in [-0.05, 0) is 58.0 Å². The van der Waals surface area contributed by atoms with E-state index in [0.717, 1.165) is 37.9 Å². The van der Waals surface area contributed by atoms with E-state index in [4.69, 9.17) is 17.0 Å². The largest absolute Gasteiger partial charge is 0.444 e. The molecule has 1 aromatic carbocycles. The molecule has 0 saturated heterocycles. The second-order valence-corrected chi connectivity index (χ2v) is 7.00. The third-order valence-corrected chi connectivity index (χ3v) is 3.34. The van der Waals surface area contributed by atoms with Gasteiger partial charge in [0.1, 0.15) is 5.60 Å². The van der Waals surface area contributed by atoms with Crippen molar-refractivity contribution in [2.45, 2.75) is 52.1 Å². The zero-order valence-corrected chi connectivity index (χ0v) is 15.7. The maximum Gasteiger partial charge on any atom is 0.407 e. The second-order valence-electron chi connectivity index (χ2n) is 6.59. The molecule has 0 saturated carbocycles. The van der Waals surface area contributed by atoms with Gasteiger partial charge in [0, 0.05) is 18.8 Å². The minimum absolute atomic E-state index is 0.346. The molecule has 0 aliphatic rings. The number of para-hydroxylation sites is 1. The van der Waals surface area contributed by atoms with E-state index in [2.05, 4.69) is 16.0 Å². The first-order chi connectivity index (χ1) is 11.4. The van der Waals surface area contributed by atoms with Crippen LogP contribution in [-0.2, 0) is 4.74 Å². The molecular weight excluding hydrogens is 322 g/mol. The molecule has 0 aliphatic carbocycles. The van der Waals surface area contributed by atoms with Crippen LogP contribution in [0.15, 0.2) is 30.3 Å². The topological polar surface area (TPSA) is 62.4 Å². The van der Waals surface area contributed by atoms with Gasteiger partial charge in [0.15, 0.2) is 5.11 Å². The summed E-state index contributed by atoms with van der Waals surface area (Å²) >= 11 is 5.24. The van der Waals surface area contributed by atoms with Gasteiger partial charge in [0.25, 0.3) is 0 Å². The number of anilines is 1. The Bertz CT molecular complexity index is 501. The lowest BCUT2D eigenvalue weighted by Crippen LogP contribution is -2.33. The number of carbonyl (C=O) groups is 1. The smallest absolute Gasteiger partial charge is 0.407 e. The molecule has 5 nitrogen and oxygen atoms in total. The number of hydrogen-bond acceptors (Lipinski definition) is 3. The first-order valence-electron chi connectivity index (χ1n) is 8.43. The molecule has 0 unspecified atom stereocenters. The number of alkyl carbamates (subject to hydrolysis) is 1. The van der Waals surface area contributed by atoms with Crippen LogP contribution in [0.25, 0.3) is 0 Å². The molecule has 0 aromatic heterocycles. The first kappa shape index (κ1) is 20.2. The van der Waals surface area contributed by atoms with E-state index in [1.54, 1.807) is 0 Å². The summed E-state index contributed by atoms with van der Waals surface area (Å²) in [5.41, 5.74) is 0.547. The standard InChI is InChI=1S/C18H29N3O2S/c1-18(2,3)23-17(22)20-14-10-5-4-9-13-19-16(24)21-15-11-7-6-8-12-15/h6-8,11-12H,4-5,9-10,13-14H2,1-3H3,(H,20,22)(H2,19,21,24). The van der Waals surface area contributed by atoms with Gasteiger partial charge in [-0.25, -0.2) is 4.79 Å².